The van der Waals surface area contributed by atoms with Crippen molar-refractivity contribution < 1.29 is 4.79 Å². The molecule has 0 saturated carbocycles. The first-order valence-electron chi connectivity index (χ1n) is 7.06. The van der Waals surface area contributed by atoms with Crippen molar-refractivity contribution in [1.29, 1.82) is 0 Å². The van der Waals surface area contributed by atoms with E-state index in [0.29, 0.717) is 5.95 Å². The van der Waals surface area contributed by atoms with Crippen LogP contribution in [-0.2, 0) is 0 Å². The maximum absolute atomic E-state index is 11.5. The average molecular weight is 284 g/mol. The van der Waals surface area contributed by atoms with Crippen LogP contribution in [0, 0.1) is 6.92 Å². The molecule has 5 heteroatoms. The van der Waals surface area contributed by atoms with E-state index in [9.17, 15) is 4.79 Å². The van der Waals surface area contributed by atoms with Crippen LogP contribution < -0.4 is 10.6 Å². The zero-order chi connectivity index (χ0) is 15.4. The monoisotopic (exact) mass is 284 g/mol. The number of anilines is 1. The fourth-order valence-corrected chi connectivity index (χ4v) is 2.21. The summed E-state index contributed by atoms with van der Waals surface area (Å²) in [7, 11) is 0. The van der Waals surface area contributed by atoms with E-state index in [1.807, 2.05) is 49.9 Å². The molecule has 1 aromatic carbocycles. The van der Waals surface area contributed by atoms with Crippen molar-refractivity contribution in [2.45, 2.75) is 20.8 Å². The van der Waals surface area contributed by atoms with Crippen molar-refractivity contribution >= 4 is 11.9 Å². The van der Waals surface area contributed by atoms with E-state index in [2.05, 4.69) is 9.97 Å². The van der Waals surface area contributed by atoms with Crippen molar-refractivity contribution in [3.05, 3.63) is 41.6 Å². The van der Waals surface area contributed by atoms with Gasteiger partial charge in [0.05, 0.1) is 5.69 Å². The average Bonchev–Trinajstić information content (AvgIpc) is 2.48. The molecule has 21 heavy (non-hydrogen) atoms. The maximum atomic E-state index is 11.5. The number of aryl methyl sites for hydroxylation is 1. The maximum Gasteiger partial charge on any atom is 0.267 e. The molecule has 0 aliphatic rings. The van der Waals surface area contributed by atoms with E-state index in [1.54, 1.807) is 6.07 Å². The van der Waals surface area contributed by atoms with E-state index in [4.69, 9.17) is 5.73 Å². The molecule has 2 N–H and O–H groups in total. The minimum Gasteiger partial charge on any atom is -0.364 e. The highest BCUT2D eigenvalue weighted by atomic mass is 16.1. The molecule has 0 radical (unpaired) electrons. The molecular formula is C16H20N4O. The molecule has 0 atom stereocenters. The standard InChI is InChI=1S/C16H20N4O/c1-4-20(5-2)16-18-13(10-14(19-16)15(17)21)12-9-7-6-8-11(12)3/h6-10H,4-5H2,1-3H3,(H2,17,21). The number of carbonyl (C=O) groups is 1. The second kappa shape index (κ2) is 6.35. The van der Waals surface area contributed by atoms with Gasteiger partial charge < -0.3 is 10.6 Å². The Labute approximate surface area is 124 Å². The Morgan fingerprint density at radius 1 is 1.19 bits per heavy atom. The Balaban J connectivity index is 2.61. The van der Waals surface area contributed by atoms with Crippen LogP contribution >= 0.6 is 0 Å². The second-order valence-electron chi connectivity index (χ2n) is 4.79. The number of amides is 1. The Hall–Kier alpha value is -2.43. The topological polar surface area (TPSA) is 72.1 Å². The van der Waals surface area contributed by atoms with Gasteiger partial charge in [-0.3, -0.25) is 4.79 Å². The molecule has 0 bridgehead atoms. The summed E-state index contributed by atoms with van der Waals surface area (Å²) >= 11 is 0. The summed E-state index contributed by atoms with van der Waals surface area (Å²) in [5, 5.41) is 0. The number of rotatable bonds is 5. The molecule has 110 valence electrons. The van der Waals surface area contributed by atoms with Gasteiger partial charge >= 0.3 is 0 Å². The van der Waals surface area contributed by atoms with Gasteiger partial charge in [0.2, 0.25) is 5.95 Å². The molecule has 0 aliphatic carbocycles. The van der Waals surface area contributed by atoms with Crippen LogP contribution in [0.5, 0.6) is 0 Å². The van der Waals surface area contributed by atoms with E-state index in [-0.39, 0.29) is 5.69 Å². The van der Waals surface area contributed by atoms with Gasteiger partial charge in [0.1, 0.15) is 5.69 Å². The fraction of sp³-hybridized carbons (Fsp3) is 0.312. The summed E-state index contributed by atoms with van der Waals surface area (Å²) in [4.78, 5) is 22.4. The number of hydrogen-bond acceptors (Lipinski definition) is 4. The highest BCUT2D eigenvalue weighted by Crippen LogP contribution is 2.23. The third kappa shape index (κ3) is 3.18. The van der Waals surface area contributed by atoms with Crippen LogP contribution in [0.4, 0.5) is 5.95 Å². The van der Waals surface area contributed by atoms with Gasteiger partial charge in [0.25, 0.3) is 5.91 Å². The molecule has 0 spiro atoms. The van der Waals surface area contributed by atoms with Crippen LogP contribution in [0.3, 0.4) is 0 Å². The highest BCUT2D eigenvalue weighted by molar-refractivity contribution is 5.92. The number of benzene rings is 1. The van der Waals surface area contributed by atoms with Gasteiger partial charge in [0, 0.05) is 18.7 Å². The number of carbonyl (C=O) groups excluding carboxylic acids is 1. The van der Waals surface area contributed by atoms with Gasteiger partial charge in [-0.25, -0.2) is 9.97 Å². The first kappa shape index (κ1) is 15.0. The smallest absolute Gasteiger partial charge is 0.267 e. The molecule has 0 unspecified atom stereocenters. The molecule has 2 rings (SSSR count). The Morgan fingerprint density at radius 3 is 2.43 bits per heavy atom. The predicted molar refractivity (Wildman–Crippen MR) is 84.3 cm³/mol. The zero-order valence-electron chi connectivity index (χ0n) is 12.6. The third-order valence-electron chi connectivity index (χ3n) is 3.43. The molecule has 0 fully saturated rings. The van der Waals surface area contributed by atoms with Crippen LogP contribution in [0.25, 0.3) is 11.3 Å². The largest absolute Gasteiger partial charge is 0.364 e. The van der Waals surface area contributed by atoms with Crippen molar-refractivity contribution in [2.24, 2.45) is 5.73 Å². The molecule has 1 amide bonds. The summed E-state index contributed by atoms with van der Waals surface area (Å²) in [6.07, 6.45) is 0. The van der Waals surface area contributed by atoms with Crippen molar-refractivity contribution in [2.75, 3.05) is 18.0 Å². The summed E-state index contributed by atoms with van der Waals surface area (Å²) < 4.78 is 0. The molecule has 1 aromatic heterocycles. The van der Waals surface area contributed by atoms with Gasteiger partial charge in [-0.2, -0.15) is 0 Å². The molecular weight excluding hydrogens is 264 g/mol. The van der Waals surface area contributed by atoms with Crippen LogP contribution in [0.15, 0.2) is 30.3 Å². The lowest BCUT2D eigenvalue weighted by Gasteiger charge is -2.19. The van der Waals surface area contributed by atoms with Crippen molar-refractivity contribution in [3.63, 3.8) is 0 Å². The normalized spacial score (nSPS) is 10.4. The van der Waals surface area contributed by atoms with Crippen LogP contribution in [0.2, 0.25) is 0 Å². The number of nitrogens with two attached hydrogens (primary N) is 1. The Bertz CT molecular complexity index is 650. The predicted octanol–water partition coefficient (Wildman–Crippen LogP) is 2.40. The minimum atomic E-state index is -0.541. The number of nitrogens with zero attached hydrogens (tertiary/aromatic N) is 3. The zero-order valence-corrected chi connectivity index (χ0v) is 12.6. The quantitative estimate of drug-likeness (QED) is 0.915. The molecule has 2 aromatic rings. The van der Waals surface area contributed by atoms with Gasteiger partial charge in [0.15, 0.2) is 0 Å². The van der Waals surface area contributed by atoms with Crippen LogP contribution in [0.1, 0.15) is 29.9 Å². The highest BCUT2D eigenvalue weighted by Gasteiger charge is 2.14. The number of hydrogen-bond donors (Lipinski definition) is 1. The van der Waals surface area contributed by atoms with Crippen LogP contribution in [-0.4, -0.2) is 29.0 Å². The molecule has 5 nitrogen and oxygen atoms in total. The Morgan fingerprint density at radius 2 is 1.86 bits per heavy atom. The number of aromatic nitrogens is 2. The summed E-state index contributed by atoms with van der Waals surface area (Å²) in [5.41, 5.74) is 8.44. The first-order chi connectivity index (χ1) is 10.1. The number of primary amides is 1. The molecule has 1 heterocycles. The summed E-state index contributed by atoms with van der Waals surface area (Å²) in [6.45, 7) is 7.60. The van der Waals surface area contributed by atoms with Gasteiger partial charge in [-0.05, 0) is 32.4 Å². The lowest BCUT2D eigenvalue weighted by Crippen LogP contribution is -2.26. The second-order valence-corrected chi connectivity index (χ2v) is 4.79. The van der Waals surface area contributed by atoms with E-state index in [1.165, 1.54) is 0 Å². The SMILES string of the molecule is CCN(CC)c1nc(C(N)=O)cc(-c2ccccc2C)n1. The molecule has 0 aliphatic heterocycles. The Kier molecular flexibility index (Phi) is 4.52. The summed E-state index contributed by atoms with van der Waals surface area (Å²) in [5.74, 6) is -0.00445. The lowest BCUT2D eigenvalue weighted by atomic mass is 10.1. The van der Waals surface area contributed by atoms with Crippen molar-refractivity contribution in [1.82, 2.24) is 9.97 Å². The van der Waals surface area contributed by atoms with E-state index >= 15 is 0 Å². The van der Waals surface area contributed by atoms with Gasteiger partial charge in [-0.1, -0.05) is 24.3 Å². The minimum absolute atomic E-state index is 0.241. The third-order valence-corrected chi connectivity index (χ3v) is 3.43. The first-order valence-corrected chi connectivity index (χ1v) is 7.06. The van der Waals surface area contributed by atoms with Crippen molar-refractivity contribution in [3.8, 4) is 11.3 Å². The fourth-order valence-electron chi connectivity index (χ4n) is 2.21. The van der Waals surface area contributed by atoms with Gasteiger partial charge in [-0.15, -0.1) is 0 Å². The molecule has 0 saturated heterocycles. The van der Waals surface area contributed by atoms with E-state index < -0.39 is 5.91 Å². The summed E-state index contributed by atoms with van der Waals surface area (Å²) in [6, 6.07) is 9.57. The van der Waals surface area contributed by atoms with E-state index in [0.717, 1.165) is 29.9 Å². The lowest BCUT2D eigenvalue weighted by molar-refractivity contribution is 0.0995.